The molecule has 9 atom stereocenters. The largest absolute Gasteiger partial charge is 0.514 e. The van der Waals surface area contributed by atoms with E-state index in [1.54, 1.807) is 19.2 Å². The van der Waals surface area contributed by atoms with Gasteiger partial charge in [-0.25, -0.2) is 18.0 Å². The highest BCUT2D eigenvalue weighted by atomic mass is 32.2. The molecule has 4 saturated heterocycles. The summed E-state index contributed by atoms with van der Waals surface area (Å²) in [6.45, 7) is 4.81. The highest BCUT2D eigenvalue weighted by molar-refractivity contribution is 7.89. The normalized spacial score (nSPS) is 23.1. The molecule has 3 aromatic carbocycles. The minimum absolute atomic E-state index is 0.00295. The lowest BCUT2D eigenvalue weighted by atomic mass is 10.0. The summed E-state index contributed by atoms with van der Waals surface area (Å²) in [5, 5.41) is 41.9. The molecule has 4 heterocycles. The topological polar surface area (TPSA) is 306 Å². The number of nitrogens with one attached hydrogen (secondary N) is 1. The molecule has 0 unspecified atom stereocenters. The predicted molar refractivity (Wildman–Crippen MR) is 256 cm³/mol. The monoisotopic (exact) mass is 1050 g/mol. The van der Waals surface area contributed by atoms with Crippen LogP contribution in [0.1, 0.15) is 45.1 Å². The first-order chi connectivity index (χ1) is 34.8. The molecule has 3 aromatic rings. The fraction of sp³-hybridized carbons (Fsp3) is 0.562. The van der Waals surface area contributed by atoms with Crippen molar-refractivity contribution in [1.29, 1.82) is 0 Å². The number of rotatable bonds is 18. The second-order valence-electron chi connectivity index (χ2n) is 17.2. The lowest BCUT2D eigenvalue weighted by Crippen LogP contribution is -2.51. The summed E-state index contributed by atoms with van der Waals surface area (Å²) in [5.74, 6) is 0.404. The van der Waals surface area contributed by atoms with Crippen molar-refractivity contribution in [3.8, 4) is 11.5 Å². The SMILES string of the molecule is CO[C@H]1C[C@@H](O)CO1.CO[C@H]1C[C@@H](OC(=O)Oc2ccc([N+](=O)[O-])cc2)CO1.COc1ccc(S(=O)(=O)N(CC(C)C)C[C@@H](O)[C@H](Cc2ccccc2)NC(=O)O[C@H]2CO[C@@H](OC)C2)cc1.O=C1C[C@@H](O)CO1. The van der Waals surface area contributed by atoms with E-state index in [0.717, 1.165) is 5.56 Å². The number of hydrogen-bond acceptors (Lipinski definition) is 21. The number of carbonyl (C=O) groups is 3. The Labute approximate surface area is 423 Å². The van der Waals surface area contributed by atoms with E-state index in [0.29, 0.717) is 31.6 Å². The van der Waals surface area contributed by atoms with Crippen LogP contribution in [0.3, 0.4) is 0 Å². The summed E-state index contributed by atoms with van der Waals surface area (Å²) in [6.07, 6.45) is -3.71. The Bertz CT molecular complexity index is 2240. The minimum atomic E-state index is -3.94. The van der Waals surface area contributed by atoms with E-state index in [4.69, 9.17) is 57.6 Å². The van der Waals surface area contributed by atoms with E-state index >= 15 is 0 Å². The zero-order chi connectivity index (χ0) is 53.5. The number of esters is 1. The number of carbonyl (C=O) groups excluding carboxylic acids is 3. The first kappa shape index (κ1) is 60.0. The Morgan fingerprint density at radius 2 is 1.33 bits per heavy atom. The average molecular weight is 1050 g/mol. The van der Waals surface area contributed by atoms with Gasteiger partial charge in [-0.05, 0) is 54.3 Å². The number of alkyl carbamates (subject to hydrolysis) is 1. The van der Waals surface area contributed by atoms with Crippen LogP contribution < -0.4 is 14.8 Å². The maximum absolute atomic E-state index is 13.5. The molecule has 25 heteroatoms. The first-order valence-corrected chi connectivity index (χ1v) is 24.7. The lowest BCUT2D eigenvalue weighted by Gasteiger charge is -2.30. The Morgan fingerprint density at radius 1 is 0.767 bits per heavy atom. The van der Waals surface area contributed by atoms with Gasteiger partial charge in [-0.2, -0.15) is 4.31 Å². The number of benzene rings is 3. The van der Waals surface area contributed by atoms with Gasteiger partial charge in [0.15, 0.2) is 18.9 Å². The second kappa shape index (κ2) is 30.6. The molecule has 4 aliphatic rings. The third-order valence-corrected chi connectivity index (χ3v) is 12.8. The molecule has 4 aliphatic heterocycles. The van der Waals surface area contributed by atoms with Gasteiger partial charge in [0.05, 0.1) is 67.5 Å². The van der Waals surface area contributed by atoms with Crippen molar-refractivity contribution in [1.82, 2.24) is 9.62 Å². The Morgan fingerprint density at radius 3 is 1.78 bits per heavy atom. The summed E-state index contributed by atoms with van der Waals surface area (Å²) in [6, 6.07) is 19.7. The van der Waals surface area contributed by atoms with E-state index in [1.165, 1.54) is 62.0 Å². The predicted octanol–water partition coefficient (Wildman–Crippen LogP) is 3.71. The van der Waals surface area contributed by atoms with E-state index in [2.05, 4.69) is 10.1 Å². The van der Waals surface area contributed by atoms with Gasteiger partial charge < -0.3 is 72.7 Å². The number of amides is 1. The maximum Gasteiger partial charge on any atom is 0.514 e. The van der Waals surface area contributed by atoms with Crippen molar-refractivity contribution in [2.45, 2.75) is 106 Å². The minimum Gasteiger partial charge on any atom is -0.497 e. The number of nitro benzene ring substituents is 1. The second-order valence-corrected chi connectivity index (χ2v) is 19.1. The number of ether oxygens (including phenoxy) is 11. The van der Waals surface area contributed by atoms with Crippen LogP contribution in [0.15, 0.2) is 83.8 Å². The van der Waals surface area contributed by atoms with Gasteiger partial charge in [0.2, 0.25) is 10.0 Å². The fourth-order valence-electron chi connectivity index (χ4n) is 7.15. The van der Waals surface area contributed by atoms with Crippen LogP contribution >= 0.6 is 0 Å². The van der Waals surface area contributed by atoms with E-state index in [9.17, 15) is 38.0 Å². The fourth-order valence-corrected chi connectivity index (χ4v) is 8.78. The van der Waals surface area contributed by atoms with E-state index in [1.807, 2.05) is 44.2 Å². The van der Waals surface area contributed by atoms with Gasteiger partial charge in [-0.1, -0.05) is 44.2 Å². The van der Waals surface area contributed by atoms with Crippen LogP contribution in [0.5, 0.6) is 11.5 Å². The van der Waals surface area contributed by atoms with Crippen LogP contribution in [-0.4, -0.2) is 175 Å². The molecule has 0 radical (unpaired) electrons. The van der Waals surface area contributed by atoms with Crippen molar-refractivity contribution in [3.05, 3.63) is 94.5 Å². The van der Waals surface area contributed by atoms with Gasteiger partial charge in [-0.15, -0.1) is 0 Å². The maximum atomic E-state index is 13.5. The number of cyclic esters (lactones) is 1. The van der Waals surface area contributed by atoms with Crippen LogP contribution in [-0.2, 0) is 63.9 Å². The summed E-state index contributed by atoms with van der Waals surface area (Å²) < 4.78 is 83.6. The molecule has 1 amide bonds. The molecule has 24 nitrogen and oxygen atoms in total. The van der Waals surface area contributed by atoms with Gasteiger partial charge in [-0.3, -0.25) is 14.9 Å². The molecule has 0 aliphatic carbocycles. The molecule has 4 N–H and O–H groups in total. The number of hydrogen-bond donors (Lipinski definition) is 4. The molecule has 73 heavy (non-hydrogen) atoms. The number of aliphatic hydroxyl groups excluding tert-OH is 3. The number of aliphatic hydroxyl groups is 3. The van der Waals surface area contributed by atoms with Gasteiger partial charge in [0, 0.05) is 65.8 Å². The van der Waals surface area contributed by atoms with Gasteiger partial charge in [0.25, 0.3) is 5.69 Å². The first-order valence-electron chi connectivity index (χ1n) is 23.2. The summed E-state index contributed by atoms with van der Waals surface area (Å²) in [4.78, 5) is 44.4. The quantitative estimate of drug-likeness (QED) is 0.0464. The molecule has 4 fully saturated rings. The average Bonchev–Trinajstić information content (AvgIpc) is 4.21. The summed E-state index contributed by atoms with van der Waals surface area (Å²) in [5.41, 5.74) is 0.784. The zero-order valence-electron chi connectivity index (χ0n) is 41.6. The number of nitrogens with zero attached hydrogens (tertiary/aromatic N) is 2. The molecule has 0 saturated carbocycles. The van der Waals surface area contributed by atoms with Crippen LogP contribution in [0, 0.1) is 16.0 Å². The van der Waals surface area contributed by atoms with Gasteiger partial charge >= 0.3 is 18.2 Å². The molecular weight excluding hydrogens is 987 g/mol. The van der Waals surface area contributed by atoms with Gasteiger partial charge in [0.1, 0.15) is 30.3 Å². The van der Waals surface area contributed by atoms with Crippen molar-refractivity contribution >= 4 is 33.9 Å². The number of non-ortho nitro benzene ring substituents is 1. The number of nitro groups is 1. The third-order valence-electron chi connectivity index (χ3n) is 10.9. The van der Waals surface area contributed by atoms with Crippen LogP contribution in [0.2, 0.25) is 0 Å². The molecule has 7 rings (SSSR count). The number of sulfonamides is 1. The van der Waals surface area contributed by atoms with Crippen molar-refractivity contribution < 1.29 is 95.1 Å². The lowest BCUT2D eigenvalue weighted by molar-refractivity contribution is -0.384. The Balaban J connectivity index is 0.000000269. The third kappa shape index (κ3) is 21.1. The van der Waals surface area contributed by atoms with Crippen LogP contribution in [0.4, 0.5) is 15.3 Å². The molecule has 0 aromatic heterocycles. The molecular formula is C48H67N3O21S. The number of methoxy groups -OCH3 is 4. The summed E-state index contributed by atoms with van der Waals surface area (Å²) in [7, 11) is 2.16. The Kier molecular flexibility index (Phi) is 25.1. The molecule has 406 valence electrons. The highest BCUT2D eigenvalue weighted by Crippen LogP contribution is 2.24. The standard InChI is InChI=1S/C27H38N2O8S.C12H13NO7.C5H10O3.C4H6O3/c1-19(2)16-29(38(32,33)23-12-10-21(34-3)11-13-23)17-25(30)24(14-20-8-6-5-7-9-20)28-27(31)37-22-15-26(35-4)36-18-22;1-17-11-6-10(7-18-11)20-12(14)19-9-4-2-8(3-5-9)13(15)16;1-7-5-2-4(6)3-8-5;5-3-1-4(6)7-2-3/h5-13,19,22,24-26,30H,14-18H2,1-4H3,(H,28,31);2-5,10-11H,6-7H2,1H3;4-6H,2-3H2,1H3;3,5H,1-2H2/t22-,24+,25-,26-;10-,11-;4-,5-;3-/m1111/s1. The smallest absolute Gasteiger partial charge is 0.497 e. The van der Waals surface area contributed by atoms with E-state index < -0.39 is 63.9 Å². The highest BCUT2D eigenvalue weighted by Gasteiger charge is 2.34. The van der Waals surface area contributed by atoms with Crippen molar-refractivity contribution in [2.24, 2.45) is 5.92 Å². The molecule has 0 spiro atoms. The van der Waals surface area contributed by atoms with Crippen molar-refractivity contribution in [2.75, 3.05) is 68.0 Å². The van der Waals surface area contributed by atoms with Crippen molar-refractivity contribution in [3.63, 3.8) is 0 Å². The Hall–Kier alpha value is -5.58. The summed E-state index contributed by atoms with van der Waals surface area (Å²) >= 11 is 0. The van der Waals surface area contributed by atoms with Crippen LogP contribution in [0.25, 0.3) is 0 Å². The zero-order valence-corrected chi connectivity index (χ0v) is 42.4. The van der Waals surface area contributed by atoms with E-state index in [-0.39, 0.29) is 92.7 Å². The molecule has 0 bridgehead atoms.